The van der Waals surface area contributed by atoms with Crippen LogP contribution in [0.1, 0.15) is 26.2 Å². The lowest BCUT2D eigenvalue weighted by molar-refractivity contribution is -0.192. The largest absolute Gasteiger partial charge is 0.490 e. The van der Waals surface area contributed by atoms with Crippen LogP contribution in [-0.2, 0) is 14.3 Å². The Morgan fingerprint density at radius 3 is 2.43 bits per heavy atom. The van der Waals surface area contributed by atoms with Crippen molar-refractivity contribution in [1.29, 1.82) is 0 Å². The van der Waals surface area contributed by atoms with E-state index in [1.54, 1.807) is 41.6 Å². The summed E-state index contributed by atoms with van der Waals surface area (Å²) in [4.78, 5) is 39.8. The van der Waals surface area contributed by atoms with E-state index in [-0.39, 0.29) is 17.9 Å². The van der Waals surface area contributed by atoms with Gasteiger partial charge >= 0.3 is 18.2 Å². The van der Waals surface area contributed by atoms with Crippen LogP contribution in [0.15, 0.2) is 48.8 Å². The fourth-order valence-corrected chi connectivity index (χ4v) is 4.28. The average Bonchev–Trinajstić information content (AvgIpc) is 3.27. The van der Waals surface area contributed by atoms with Gasteiger partial charge in [-0.3, -0.25) is 9.78 Å². The van der Waals surface area contributed by atoms with Crippen LogP contribution in [-0.4, -0.2) is 63.9 Å². The SMILES string of the molecule is CC1CN(C(=O)Nc2cccc(F)c2)CCC12CCC(C(=O)Nc1cccnc1)O2.O=C(O)C(F)(F)F. The van der Waals surface area contributed by atoms with Crippen molar-refractivity contribution in [2.75, 3.05) is 23.7 Å². The molecule has 1 spiro atoms. The molecule has 2 saturated heterocycles. The summed E-state index contributed by atoms with van der Waals surface area (Å²) in [5, 5.41) is 12.7. The van der Waals surface area contributed by atoms with Crippen molar-refractivity contribution in [3.05, 3.63) is 54.6 Å². The standard InChI is InChI=1S/C22H25FN4O3.C2HF3O2/c1-15-14-27(21(29)26-17-5-2-4-16(23)12-17)11-9-22(15)8-7-19(30-22)20(28)25-18-6-3-10-24-13-18;3-2(4,5)1(6)7/h2-6,10,12-13,15,19H,7-9,11,14H2,1H3,(H,25,28)(H,26,29);(H,6,7). The molecule has 3 unspecified atom stereocenters. The molecule has 0 bridgehead atoms. The van der Waals surface area contributed by atoms with Crippen LogP contribution in [0.3, 0.4) is 0 Å². The van der Waals surface area contributed by atoms with E-state index in [0.717, 1.165) is 6.42 Å². The van der Waals surface area contributed by atoms with Gasteiger partial charge in [0.05, 0.1) is 17.5 Å². The molecule has 3 atom stereocenters. The van der Waals surface area contributed by atoms with Gasteiger partial charge in [-0.1, -0.05) is 13.0 Å². The van der Waals surface area contributed by atoms with Crippen LogP contribution in [0.2, 0.25) is 0 Å². The summed E-state index contributed by atoms with van der Waals surface area (Å²) in [5.74, 6) is -3.25. The topological polar surface area (TPSA) is 121 Å². The summed E-state index contributed by atoms with van der Waals surface area (Å²) < 4.78 is 51.3. The van der Waals surface area contributed by atoms with Crippen molar-refractivity contribution in [2.45, 2.75) is 44.1 Å². The Balaban J connectivity index is 0.000000479. The molecule has 4 rings (SSSR count). The molecule has 13 heteroatoms. The first-order chi connectivity index (χ1) is 17.4. The van der Waals surface area contributed by atoms with E-state index in [0.29, 0.717) is 37.3 Å². The lowest BCUT2D eigenvalue weighted by Gasteiger charge is -2.44. The number of nitrogens with one attached hydrogen (secondary N) is 2. The molecule has 2 fully saturated rings. The van der Waals surface area contributed by atoms with Crippen LogP contribution in [0, 0.1) is 11.7 Å². The van der Waals surface area contributed by atoms with Crippen LogP contribution in [0.25, 0.3) is 0 Å². The lowest BCUT2D eigenvalue weighted by Crippen LogP contribution is -2.53. The highest BCUT2D eigenvalue weighted by Crippen LogP contribution is 2.42. The highest BCUT2D eigenvalue weighted by atomic mass is 19.4. The maximum atomic E-state index is 13.3. The van der Waals surface area contributed by atoms with Gasteiger partial charge in [-0.15, -0.1) is 0 Å². The van der Waals surface area contributed by atoms with Crippen LogP contribution in [0.5, 0.6) is 0 Å². The number of anilines is 2. The van der Waals surface area contributed by atoms with Gasteiger partial charge in [-0.2, -0.15) is 13.2 Å². The number of piperidine rings is 1. The fraction of sp³-hybridized carbons (Fsp3) is 0.417. The fourth-order valence-electron chi connectivity index (χ4n) is 4.28. The highest BCUT2D eigenvalue weighted by Gasteiger charge is 2.49. The molecule has 2 aromatic rings. The molecule has 3 amide bonds. The van der Waals surface area contributed by atoms with Crippen molar-refractivity contribution in [3.8, 4) is 0 Å². The maximum absolute atomic E-state index is 13.3. The molecule has 37 heavy (non-hydrogen) atoms. The Labute approximate surface area is 209 Å². The zero-order valence-electron chi connectivity index (χ0n) is 19.8. The lowest BCUT2D eigenvalue weighted by atomic mass is 9.80. The number of amides is 3. The molecule has 0 saturated carbocycles. The Morgan fingerprint density at radius 1 is 1.14 bits per heavy atom. The molecule has 1 aromatic carbocycles. The van der Waals surface area contributed by atoms with Crippen molar-refractivity contribution >= 4 is 29.3 Å². The van der Waals surface area contributed by atoms with Gasteiger partial charge in [-0.25, -0.2) is 14.0 Å². The van der Waals surface area contributed by atoms with E-state index in [4.69, 9.17) is 14.6 Å². The molecule has 0 radical (unpaired) electrons. The van der Waals surface area contributed by atoms with Gasteiger partial charge in [0.15, 0.2) is 0 Å². The second kappa shape index (κ2) is 11.5. The molecule has 3 heterocycles. The number of aromatic nitrogens is 1. The number of carbonyl (C=O) groups excluding carboxylic acids is 2. The molecule has 0 aliphatic carbocycles. The average molecular weight is 526 g/mol. The van der Waals surface area contributed by atoms with E-state index in [2.05, 4.69) is 15.6 Å². The number of nitrogens with zero attached hydrogens (tertiary/aromatic N) is 2. The first-order valence-corrected chi connectivity index (χ1v) is 11.4. The second-order valence-corrected chi connectivity index (χ2v) is 8.78. The number of rotatable bonds is 3. The number of aliphatic carboxylic acids is 1. The number of hydrogen-bond donors (Lipinski definition) is 3. The Hall–Kier alpha value is -3.74. The minimum Gasteiger partial charge on any atom is -0.475 e. The van der Waals surface area contributed by atoms with Crippen molar-refractivity contribution in [1.82, 2.24) is 9.88 Å². The van der Waals surface area contributed by atoms with Gasteiger partial charge in [0.2, 0.25) is 0 Å². The summed E-state index contributed by atoms with van der Waals surface area (Å²) in [7, 11) is 0. The zero-order valence-corrected chi connectivity index (χ0v) is 19.8. The number of halogens is 4. The zero-order chi connectivity index (χ0) is 27.2. The molecule has 3 N–H and O–H groups in total. The molecule has 2 aliphatic heterocycles. The molecule has 9 nitrogen and oxygen atoms in total. The number of hydrogen-bond acceptors (Lipinski definition) is 5. The number of carboxylic acids is 1. The summed E-state index contributed by atoms with van der Waals surface area (Å²) in [6.07, 6.45) is -0.274. The van der Waals surface area contributed by atoms with Crippen molar-refractivity contribution in [2.24, 2.45) is 5.92 Å². The maximum Gasteiger partial charge on any atom is 0.490 e. The highest BCUT2D eigenvalue weighted by molar-refractivity contribution is 5.94. The summed E-state index contributed by atoms with van der Waals surface area (Å²) in [6.45, 7) is 3.07. The number of pyridine rings is 1. The van der Waals surface area contributed by atoms with Gasteiger partial charge in [-0.05, 0) is 49.6 Å². The Morgan fingerprint density at radius 2 is 1.84 bits per heavy atom. The first-order valence-electron chi connectivity index (χ1n) is 11.4. The summed E-state index contributed by atoms with van der Waals surface area (Å²) in [5.41, 5.74) is 0.660. The van der Waals surface area contributed by atoms with Gasteiger partial charge in [0.1, 0.15) is 11.9 Å². The van der Waals surface area contributed by atoms with Gasteiger partial charge in [0.25, 0.3) is 5.91 Å². The Bertz CT molecular complexity index is 1120. The molecule has 200 valence electrons. The predicted molar refractivity (Wildman–Crippen MR) is 124 cm³/mol. The quantitative estimate of drug-likeness (QED) is 0.514. The normalized spacial score (nSPS) is 23.1. The van der Waals surface area contributed by atoms with Crippen LogP contribution in [0.4, 0.5) is 33.7 Å². The minimum atomic E-state index is -5.08. The number of alkyl halides is 3. The number of likely N-dealkylation sites (tertiary alicyclic amines) is 1. The number of carboxylic acid groups (broad SMARTS) is 1. The van der Waals surface area contributed by atoms with Gasteiger partial charge in [0, 0.05) is 30.9 Å². The predicted octanol–water partition coefficient (Wildman–Crippen LogP) is 4.28. The Kier molecular flexibility index (Phi) is 8.69. The third-order valence-corrected chi connectivity index (χ3v) is 6.23. The first kappa shape index (κ1) is 27.8. The minimum absolute atomic E-state index is 0.0701. The number of carbonyl (C=O) groups is 3. The second-order valence-electron chi connectivity index (χ2n) is 8.78. The molecular formula is C24H26F4N4O5. The third-order valence-electron chi connectivity index (χ3n) is 6.23. The molecule has 2 aliphatic rings. The van der Waals surface area contributed by atoms with E-state index < -0.39 is 29.7 Å². The van der Waals surface area contributed by atoms with Crippen LogP contribution < -0.4 is 10.6 Å². The van der Waals surface area contributed by atoms with Gasteiger partial charge < -0.3 is 25.4 Å². The molecular weight excluding hydrogens is 500 g/mol. The van der Waals surface area contributed by atoms with Crippen LogP contribution >= 0.6 is 0 Å². The van der Waals surface area contributed by atoms with Crippen molar-refractivity contribution in [3.63, 3.8) is 0 Å². The smallest absolute Gasteiger partial charge is 0.475 e. The van der Waals surface area contributed by atoms with Crippen molar-refractivity contribution < 1.29 is 41.8 Å². The number of ether oxygens (including phenoxy) is 1. The molecule has 1 aromatic heterocycles. The summed E-state index contributed by atoms with van der Waals surface area (Å²) in [6, 6.07) is 9.13. The summed E-state index contributed by atoms with van der Waals surface area (Å²) >= 11 is 0. The van der Waals surface area contributed by atoms with E-state index in [9.17, 15) is 27.2 Å². The monoisotopic (exact) mass is 526 g/mol. The number of benzene rings is 1. The number of urea groups is 1. The van der Waals surface area contributed by atoms with E-state index >= 15 is 0 Å². The third kappa shape index (κ3) is 7.38. The van der Waals surface area contributed by atoms with E-state index in [1.165, 1.54) is 12.1 Å². The van der Waals surface area contributed by atoms with E-state index in [1.807, 2.05) is 6.92 Å².